The average molecular weight is 340 g/mol. The van der Waals surface area contributed by atoms with Crippen molar-refractivity contribution < 1.29 is 8.81 Å². The molecule has 130 valence electrons. The highest BCUT2D eigenvalue weighted by atomic mass is 19.1. The molecule has 0 radical (unpaired) electrons. The minimum atomic E-state index is -0.233. The fourth-order valence-corrected chi connectivity index (χ4v) is 3.41. The number of hydrogen-bond donors (Lipinski definition) is 1. The SMILES string of the molecule is CC(C)c1nc(CN2CCc3[nH]cnc3[C@@H]2c2cccc(F)c2)co1. The van der Waals surface area contributed by atoms with Crippen molar-refractivity contribution >= 4 is 0 Å². The number of H-pyrrole nitrogens is 1. The average Bonchev–Trinajstić information content (AvgIpc) is 3.23. The van der Waals surface area contributed by atoms with Gasteiger partial charge in [-0.2, -0.15) is 0 Å². The van der Waals surface area contributed by atoms with E-state index in [1.54, 1.807) is 24.7 Å². The maximum Gasteiger partial charge on any atom is 0.196 e. The van der Waals surface area contributed by atoms with Gasteiger partial charge in [-0.3, -0.25) is 4.90 Å². The first kappa shape index (κ1) is 16.0. The Hall–Kier alpha value is -2.47. The van der Waals surface area contributed by atoms with Crippen molar-refractivity contribution in [3.63, 3.8) is 0 Å². The van der Waals surface area contributed by atoms with Gasteiger partial charge in [-0.25, -0.2) is 14.4 Å². The van der Waals surface area contributed by atoms with Crippen molar-refractivity contribution in [1.82, 2.24) is 19.9 Å². The van der Waals surface area contributed by atoms with Gasteiger partial charge < -0.3 is 9.40 Å². The van der Waals surface area contributed by atoms with Crippen LogP contribution in [0.5, 0.6) is 0 Å². The van der Waals surface area contributed by atoms with Crippen LogP contribution in [0.25, 0.3) is 0 Å². The van der Waals surface area contributed by atoms with Crippen LogP contribution in [0.4, 0.5) is 4.39 Å². The van der Waals surface area contributed by atoms with E-state index in [9.17, 15) is 4.39 Å². The van der Waals surface area contributed by atoms with Crippen LogP contribution in [-0.2, 0) is 13.0 Å². The summed E-state index contributed by atoms with van der Waals surface area (Å²) >= 11 is 0. The molecule has 0 saturated carbocycles. The molecule has 0 bridgehead atoms. The van der Waals surface area contributed by atoms with Gasteiger partial charge in [-0.1, -0.05) is 26.0 Å². The molecule has 2 aromatic heterocycles. The van der Waals surface area contributed by atoms with Crippen molar-refractivity contribution in [3.8, 4) is 0 Å². The summed E-state index contributed by atoms with van der Waals surface area (Å²) in [7, 11) is 0. The minimum absolute atomic E-state index is 0.0927. The highest BCUT2D eigenvalue weighted by Gasteiger charge is 2.31. The number of oxazole rings is 1. The molecule has 3 aromatic rings. The summed E-state index contributed by atoms with van der Waals surface area (Å²) in [4.78, 5) is 14.6. The molecule has 1 aliphatic heterocycles. The van der Waals surface area contributed by atoms with Gasteiger partial charge in [0, 0.05) is 31.1 Å². The predicted octanol–water partition coefficient (Wildman–Crippen LogP) is 3.81. The number of benzene rings is 1. The van der Waals surface area contributed by atoms with Crippen LogP contribution < -0.4 is 0 Å². The zero-order valence-electron chi connectivity index (χ0n) is 14.4. The topological polar surface area (TPSA) is 58.0 Å². The maximum absolute atomic E-state index is 13.8. The Bertz CT molecular complexity index is 870. The monoisotopic (exact) mass is 340 g/mol. The van der Waals surface area contributed by atoms with Crippen molar-refractivity contribution in [1.29, 1.82) is 0 Å². The number of aromatic amines is 1. The Morgan fingerprint density at radius 3 is 3.04 bits per heavy atom. The summed E-state index contributed by atoms with van der Waals surface area (Å²) < 4.78 is 19.4. The lowest BCUT2D eigenvalue weighted by Gasteiger charge is -2.34. The molecule has 0 fully saturated rings. The van der Waals surface area contributed by atoms with Crippen LogP contribution in [0.1, 0.15) is 54.3 Å². The smallest absolute Gasteiger partial charge is 0.196 e. The van der Waals surface area contributed by atoms with E-state index in [2.05, 4.69) is 33.7 Å². The number of hydrogen-bond acceptors (Lipinski definition) is 4. The maximum atomic E-state index is 13.8. The molecule has 4 rings (SSSR count). The van der Waals surface area contributed by atoms with Gasteiger partial charge >= 0.3 is 0 Å². The van der Waals surface area contributed by atoms with Crippen LogP contribution in [0.15, 0.2) is 41.3 Å². The van der Waals surface area contributed by atoms with Crippen LogP contribution in [0.2, 0.25) is 0 Å². The van der Waals surface area contributed by atoms with E-state index in [0.29, 0.717) is 6.54 Å². The molecule has 6 heteroatoms. The number of imidazole rings is 1. The second-order valence-corrected chi connectivity index (χ2v) is 6.78. The van der Waals surface area contributed by atoms with Crippen LogP contribution >= 0.6 is 0 Å². The standard InChI is InChI=1S/C19H21FN4O/c1-12(2)19-23-15(10-25-19)9-24-7-6-16-17(22-11-21-16)18(24)13-4-3-5-14(20)8-13/h3-5,8,10-12,18H,6-7,9H2,1-2H3,(H,21,22)/t18-/m0/s1. The lowest BCUT2D eigenvalue weighted by Crippen LogP contribution is -2.36. The molecule has 3 heterocycles. The highest BCUT2D eigenvalue weighted by molar-refractivity contribution is 5.33. The van der Waals surface area contributed by atoms with Gasteiger partial charge in [0.15, 0.2) is 5.89 Å². The van der Waals surface area contributed by atoms with E-state index in [-0.39, 0.29) is 17.8 Å². The fourth-order valence-electron chi connectivity index (χ4n) is 3.41. The van der Waals surface area contributed by atoms with E-state index >= 15 is 0 Å². The summed E-state index contributed by atoms with van der Waals surface area (Å²) in [6.45, 7) is 5.61. The first-order valence-electron chi connectivity index (χ1n) is 8.58. The minimum Gasteiger partial charge on any atom is -0.448 e. The highest BCUT2D eigenvalue weighted by Crippen LogP contribution is 2.34. The molecular formula is C19H21FN4O. The van der Waals surface area contributed by atoms with E-state index in [0.717, 1.165) is 41.5 Å². The molecule has 0 saturated heterocycles. The Morgan fingerprint density at radius 1 is 1.40 bits per heavy atom. The van der Waals surface area contributed by atoms with Crippen LogP contribution in [-0.4, -0.2) is 26.4 Å². The third-order valence-electron chi connectivity index (χ3n) is 4.62. The van der Waals surface area contributed by atoms with Gasteiger partial charge in [0.1, 0.15) is 12.1 Å². The fraction of sp³-hybridized carbons (Fsp3) is 0.368. The van der Waals surface area contributed by atoms with Gasteiger partial charge in [-0.15, -0.1) is 0 Å². The van der Waals surface area contributed by atoms with Crippen molar-refractivity contribution in [2.45, 2.75) is 38.8 Å². The Labute approximate surface area is 145 Å². The summed E-state index contributed by atoms with van der Waals surface area (Å²) in [5, 5.41) is 0. The molecule has 1 atom stereocenters. The van der Waals surface area contributed by atoms with Gasteiger partial charge in [0.05, 0.1) is 23.8 Å². The number of fused-ring (bicyclic) bond motifs is 1. The lowest BCUT2D eigenvalue weighted by molar-refractivity contribution is 0.197. The quantitative estimate of drug-likeness (QED) is 0.785. The molecule has 25 heavy (non-hydrogen) atoms. The van der Waals surface area contributed by atoms with Crippen molar-refractivity contribution in [3.05, 3.63) is 71.2 Å². The lowest BCUT2D eigenvalue weighted by atomic mass is 9.95. The number of nitrogens with one attached hydrogen (secondary N) is 1. The predicted molar refractivity (Wildman–Crippen MR) is 91.5 cm³/mol. The van der Waals surface area contributed by atoms with Crippen molar-refractivity contribution in [2.75, 3.05) is 6.54 Å². The summed E-state index contributed by atoms with van der Waals surface area (Å²) in [5.74, 6) is 0.769. The summed E-state index contributed by atoms with van der Waals surface area (Å²) in [6.07, 6.45) is 4.32. The van der Waals surface area contributed by atoms with Gasteiger partial charge in [-0.05, 0) is 17.7 Å². The zero-order valence-corrected chi connectivity index (χ0v) is 14.4. The molecule has 0 unspecified atom stereocenters. The first-order valence-corrected chi connectivity index (χ1v) is 8.58. The Balaban J connectivity index is 1.68. The normalized spacial score (nSPS) is 17.8. The molecule has 1 aliphatic rings. The third kappa shape index (κ3) is 3.09. The second-order valence-electron chi connectivity index (χ2n) is 6.78. The molecular weight excluding hydrogens is 319 g/mol. The summed E-state index contributed by atoms with van der Waals surface area (Å²) in [6, 6.07) is 6.66. The largest absolute Gasteiger partial charge is 0.448 e. The Kier molecular flexibility index (Phi) is 4.13. The second kappa shape index (κ2) is 6.44. The van der Waals surface area contributed by atoms with Crippen molar-refractivity contribution in [2.24, 2.45) is 0 Å². The Morgan fingerprint density at radius 2 is 2.28 bits per heavy atom. The molecule has 0 aliphatic carbocycles. The molecule has 5 nitrogen and oxygen atoms in total. The number of rotatable bonds is 4. The van der Waals surface area contributed by atoms with E-state index in [4.69, 9.17) is 4.42 Å². The molecule has 1 aromatic carbocycles. The summed E-state index contributed by atoms with van der Waals surface area (Å²) in [5.41, 5.74) is 3.88. The third-order valence-corrected chi connectivity index (χ3v) is 4.62. The molecule has 0 spiro atoms. The van der Waals surface area contributed by atoms with Gasteiger partial charge in [0.25, 0.3) is 0 Å². The molecule has 1 N–H and O–H groups in total. The van der Waals surface area contributed by atoms with E-state index in [1.165, 1.54) is 6.07 Å². The number of nitrogens with zero attached hydrogens (tertiary/aromatic N) is 3. The van der Waals surface area contributed by atoms with Gasteiger partial charge in [0.2, 0.25) is 0 Å². The number of aromatic nitrogens is 3. The van der Waals surface area contributed by atoms with Crippen LogP contribution in [0.3, 0.4) is 0 Å². The van der Waals surface area contributed by atoms with Crippen LogP contribution in [0, 0.1) is 5.82 Å². The first-order chi connectivity index (χ1) is 12.1. The van der Waals surface area contributed by atoms with E-state index < -0.39 is 0 Å². The molecule has 0 amide bonds. The van der Waals surface area contributed by atoms with E-state index in [1.807, 2.05) is 6.07 Å². The number of halogens is 1. The zero-order chi connectivity index (χ0) is 17.4.